The van der Waals surface area contributed by atoms with Crippen LogP contribution < -0.4 is 9.88 Å². The highest BCUT2D eigenvalue weighted by molar-refractivity contribution is 14.1. The Balaban J connectivity index is 2.01. The average molecular weight is 381 g/mol. The zero-order valence-electron chi connectivity index (χ0n) is 11.7. The van der Waals surface area contributed by atoms with Crippen molar-refractivity contribution in [2.45, 2.75) is 26.8 Å². The summed E-state index contributed by atoms with van der Waals surface area (Å²) in [6.07, 6.45) is 4.90. The molecule has 1 aromatic heterocycles. The number of hydrogen-bond acceptors (Lipinski definition) is 1. The van der Waals surface area contributed by atoms with E-state index in [-0.39, 0.29) is 5.91 Å². The van der Waals surface area contributed by atoms with Crippen LogP contribution in [-0.2, 0) is 17.8 Å². The molecule has 0 aliphatic rings. The van der Waals surface area contributed by atoms with Gasteiger partial charge >= 0.3 is 0 Å². The van der Waals surface area contributed by atoms with Crippen molar-refractivity contribution in [3.05, 3.63) is 57.4 Å². The number of amides is 1. The van der Waals surface area contributed by atoms with E-state index in [1.807, 2.05) is 48.1 Å². The Morgan fingerprint density at radius 2 is 1.95 bits per heavy atom. The van der Waals surface area contributed by atoms with Gasteiger partial charge in [0.05, 0.1) is 0 Å². The quantitative estimate of drug-likeness (QED) is 0.641. The number of rotatable bonds is 4. The topological polar surface area (TPSA) is 33.0 Å². The van der Waals surface area contributed by atoms with E-state index in [1.54, 1.807) is 0 Å². The first-order valence-electron chi connectivity index (χ1n) is 6.62. The van der Waals surface area contributed by atoms with Gasteiger partial charge in [-0.15, -0.1) is 0 Å². The van der Waals surface area contributed by atoms with Gasteiger partial charge in [-0.05, 0) is 65.3 Å². The van der Waals surface area contributed by atoms with Crippen LogP contribution in [0.1, 0.15) is 18.1 Å². The predicted molar refractivity (Wildman–Crippen MR) is 88.5 cm³/mol. The molecular weight excluding hydrogens is 363 g/mol. The lowest BCUT2D eigenvalue weighted by Crippen LogP contribution is -2.39. The molecule has 0 spiro atoms. The number of nitrogens with one attached hydrogen (secondary N) is 1. The molecule has 0 atom stereocenters. The maximum atomic E-state index is 12.0. The first-order valence-corrected chi connectivity index (χ1v) is 7.70. The fourth-order valence-electron chi connectivity index (χ4n) is 1.95. The molecule has 1 heterocycles. The van der Waals surface area contributed by atoms with Gasteiger partial charge in [-0.2, -0.15) is 4.57 Å². The molecule has 3 nitrogen and oxygen atoms in total. The van der Waals surface area contributed by atoms with Crippen molar-refractivity contribution in [3.63, 3.8) is 0 Å². The standard InChI is InChI=1S/C16H17IN2O/c1-3-13-6-8-19(9-7-13)11-16(20)18-15-5-4-14(17)10-12(15)2/h4-10H,3,11H2,1-2H3/p+1. The van der Waals surface area contributed by atoms with E-state index in [1.165, 1.54) is 9.13 Å². The second-order valence-corrected chi connectivity index (χ2v) is 5.99. The Hall–Kier alpha value is -1.43. The molecule has 20 heavy (non-hydrogen) atoms. The van der Waals surface area contributed by atoms with Gasteiger partial charge in [0.1, 0.15) is 0 Å². The largest absolute Gasteiger partial charge is 0.320 e. The molecule has 4 heteroatoms. The smallest absolute Gasteiger partial charge is 0.290 e. The van der Waals surface area contributed by atoms with Gasteiger partial charge in [0, 0.05) is 21.4 Å². The van der Waals surface area contributed by atoms with E-state index in [0.29, 0.717) is 6.54 Å². The monoisotopic (exact) mass is 381 g/mol. The van der Waals surface area contributed by atoms with E-state index in [2.05, 4.69) is 40.9 Å². The van der Waals surface area contributed by atoms with Crippen LogP contribution in [0.3, 0.4) is 0 Å². The molecule has 0 unspecified atom stereocenters. The number of hydrogen-bond donors (Lipinski definition) is 1. The second kappa shape index (κ2) is 6.83. The summed E-state index contributed by atoms with van der Waals surface area (Å²) in [6.45, 7) is 4.45. The van der Waals surface area contributed by atoms with Crippen LogP contribution in [0.15, 0.2) is 42.7 Å². The number of aromatic nitrogens is 1. The third-order valence-corrected chi connectivity index (χ3v) is 3.83. The normalized spacial score (nSPS) is 10.3. The summed E-state index contributed by atoms with van der Waals surface area (Å²) in [5.74, 6) is -0.0106. The van der Waals surface area contributed by atoms with Crippen molar-refractivity contribution >= 4 is 34.2 Å². The SMILES string of the molecule is CCc1cc[n+](CC(=O)Nc2ccc(I)cc2C)cc1. The minimum Gasteiger partial charge on any atom is -0.320 e. The number of carbonyl (C=O) groups is 1. The summed E-state index contributed by atoms with van der Waals surface area (Å²) in [5, 5.41) is 2.95. The maximum Gasteiger partial charge on any atom is 0.290 e. The number of benzene rings is 1. The Kier molecular flexibility index (Phi) is 5.11. The molecule has 2 aromatic rings. The summed E-state index contributed by atoms with van der Waals surface area (Å²) in [4.78, 5) is 12.0. The Labute approximate surface area is 133 Å². The molecular formula is C16H18IN2O+. The van der Waals surface area contributed by atoms with Crippen molar-refractivity contribution in [1.82, 2.24) is 0 Å². The summed E-state index contributed by atoms with van der Waals surface area (Å²) < 4.78 is 3.05. The fourth-order valence-corrected chi connectivity index (χ4v) is 2.60. The van der Waals surface area contributed by atoms with Crippen LogP contribution in [-0.4, -0.2) is 5.91 Å². The summed E-state index contributed by atoms with van der Waals surface area (Å²) in [6, 6.07) is 10.1. The summed E-state index contributed by atoms with van der Waals surface area (Å²) in [5.41, 5.74) is 3.23. The molecule has 0 bridgehead atoms. The number of pyridine rings is 1. The van der Waals surface area contributed by atoms with Gasteiger partial charge in [0.2, 0.25) is 6.54 Å². The van der Waals surface area contributed by atoms with Gasteiger partial charge in [-0.25, -0.2) is 0 Å². The van der Waals surface area contributed by atoms with Crippen molar-refractivity contribution in [2.24, 2.45) is 0 Å². The molecule has 0 aliphatic carbocycles. The molecule has 2 rings (SSSR count). The van der Waals surface area contributed by atoms with Crippen LogP contribution in [0.5, 0.6) is 0 Å². The van der Waals surface area contributed by atoms with Crippen LogP contribution in [0.2, 0.25) is 0 Å². The van der Waals surface area contributed by atoms with Gasteiger partial charge in [-0.1, -0.05) is 6.92 Å². The zero-order chi connectivity index (χ0) is 14.5. The Morgan fingerprint density at radius 3 is 2.55 bits per heavy atom. The maximum absolute atomic E-state index is 12.0. The highest BCUT2D eigenvalue weighted by Crippen LogP contribution is 2.17. The third kappa shape index (κ3) is 4.03. The van der Waals surface area contributed by atoms with Crippen LogP contribution in [0.4, 0.5) is 5.69 Å². The number of aryl methyl sites for hydroxylation is 2. The first-order chi connectivity index (χ1) is 9.58. The molecule has 0 radical (unpaired) electrons. The Morgan fingerprint density at radius 1 is 1.25 bits per heavy atom. The molecule has 1 N–H and O–H groups in total. The lowest BCUT2D eigenvalue weighted by molar-refractivity contribution is -0.684. The molecule has 0 aliphatic heterocycles. The predicted octanol–water partition coefficient (Wildman–Crippen LogP) is 3.09. The van der Waals surface area contributed by atoms with Gasteiger partial charge in [0.15, 0.2) is 12.4 Å². The fraction of sp³-hybridized carbons (Fsp3) is 0.250. The third-order valence-electron chi connectivity index (χ3n) is 3.16. The van der Waals surface area contributed by atoms with Gasteiger partial charge in [-0.3, -0.25) is 4.79 Å². The first kappa shape index (κ1) is 15.0. The number of carbonyl (C=O) groups excluding carboxylic acids is 1. The van der Waals surface area contributed by atoms with Crippen molar-refractivity contribution < 1.29 is 9.36 Å². The van der Waals surface area contributed by atoms with Crippen LogP contribution in [0, 0.1) is 10.5 Å². The van der Waals surface area contributed by atoms with Crippen molar-refractivity contribution in [2.75, 3.05) is 5.32 Å². The van der Waals surface area contributed by atoms with Gasteiger partial charge < -0.3 is 5.32 Å². The molecule has 1 amide bonds. The number of nitrogens with zero attached hydrogens (tertiary/aromatic N) is 1. The minimum absolute atomic E-state index is 0.0106. The highest BCUT2D eigenvalue weighted by atomic mass is 127. The van der Waals surface area contributed by atoms with E-state index < -0.39 is 0 Å². The summed E-state index contributed by atoms with van der Waals surface area (Å²) in [7, 11) is 0. The van der Waals surface area contributed by atoms with Crippen molar-refractivity contribution in [1.29, 1.82) is 0 Å². The lowest BCUT2D eigenvalue weighted by Gasteiger charge is -2.07. The second-order valence-electron chi connectivity index (χ2n) is 4.74. The molecule has 104 valence electrons. The zero-order valence-corrected chi connectivity index (χ0v) is 13.8. The van der Waals surface area contributed by atoms with E-state index in [9.17, 15) is 4.79 Å². The van der Waals surface area contributed by atoms with Crippen molar-refractivity contribution in [3.8, 4) is 0 Å². The number of anilines is 1. The highest BCUT2D eigenvalue weighted by Gasteiger charge is 2.10. The minimum atomic E-state index is -0.0106. The van der Waals surface area contributed by atoms with Crippen LogP contribution in [0.25, 0.3) is 0 Å². The average Bonchev–Trinajstić information content (AvgIpc) is 2.43. The van der Waals surface area contributed by atoms with E-state index >= 15 is 0 Å². The molecule has 0 saturated carbocycles. The van der Waals surface area contributed by atoms with Gasteiger partial charge in [0.25, 0.3) is 5.91 Å². The number of halogens is 1. The summed E-state index contributed by atoms with van der Waals surface area (Å²) >= 11 is 2.26. The molecule has 1 aromatic carbocycles. The van der Waals surface area contributed by atoms with Crippen LogP contribution >= 0.6 is 22.6 Å². The van der Waals surface area contributed by atoms with E-state index in [0.717, 1.165) is 17.7 Å². The molecule has 0 saturated heterocycles. The van der Waals surface area contributed by atoms with E-state index in [4.69, 9.17) is 0 Å². The Bertz CT molecular complexity index is 608. The lowest BCUT2D eigenvalue weighted by atomic mass is 10.2. The molecule has 0 fully saturated rings.